The molecule has 5 nitrogen and oxygen atoms in total. The number of para-hydroxylation sites is 1. The van der Waals surface area contributed by atoms with Crippen molar-refractivity contribution in [3.05, 3.63) is 23.8 Å². The molecule has 0 aliphatic carbocycles. The van der Waals surface area contributed by atoms with Crippen molar-refractivity contribution in [3.63, 3.8) is 0 Å². The van der Waals surface area contributed by atoms with Gasteiger partial charge in [0.25, 0.3) is 0 Å². The topological polar surface area (TPSA) is 70.0 Å². The molecule has 5 heteroatoms. The van der Waals surface area contributed by atoms with Gasteiger partial charge >= 0.3 is 5.97 Å². The number of carboxylic acids is 1. The average Bonchev–Trinajstić information content (AvgIpc) is 2.43. The molecule has 0 radical (unpaired) electrons. The van der Waals surface area contributed by atoms with Gasteiger partial charge in [0, 0.05) is 25.1 Å². The Morgan fingerprint density at radius 2 is 2.29 bits per heavy atom. The molecule has 0 bridgehead atoms. The second-order valence-corrected chi connectivity index (χ2v) is 5.54. The number of phenolic OH excluding ortho intramolecular Hbond substituents is 1. The van der Waals surface area contributed by atoms with Crippen LogP contribution in [0.1, 0.15) is 31.7 Å². The van der Waals surface area contributed by atoms with Crippen LogP contribution in [0.5, 0.6) is 11.5 Å². The predicted octanol–water partition coefficient (Wildman–Crippen LogP) is 2.48. The number of nitrogens with zero attached hydrogens (tertiary/aromatic N) is 1. The first-order chi connectivity index (χ1) is 10.1. The maximum Gasteiger partial charge on any atom is 0.303 e. The Morgan fingerprint density at radius 3 is 3.00 bits per heavy atom. The Labute approximate surface area is 125 Å². The summed E-state index contributed by atoms with van der Waals surface area (Å²) in [6, 6.07) is 5.52. The third kappa shape index (κ3) is 4.36. The number of carboxylic acid groups (broad SMARTS) is 1. The summed E-state index contributed by atoms with van der Waals surface area (Å²) in [6.45, 7) is 4.73. The van der Waals surface area contributed by atoms with Gasteiger partial charge in [-0.05, 0) is 38.3 Å². The highest BCUT2D eigenvalue weighted by atomic mass is 16.5. The molecule has 1 unspecified atom stereocenters. The van der Waals surface area contributed by atoms with Crippen LogP contribution >= 0.6 is 0 Å². The van der Waals surface area contributed by atoms with Gasteiger partial charge in [0.15, 0.2) is 11.5 Å². The molecule has 0 saturated carbocycles. The van der Waals surface area contributed by atoms with Gasteiger partial charge in [-0.3, -0.25) is 9.69 Å². The zero-order valence-corrected chi connectivity index (χ0v) is 12.4. The molecule has 1 fully saturated rings. The van der Waals surface area contributed by atoms with Crippen LogP contribution in [0.4, 0.5) is 0 Å². The molecule has 0 amide bonds. The molecule has 21 heavy (non-hydrogen) atoms. The molecule has 1 saturated heterocycles. The van der Waals surface area contributed by atoms with Crippen molar-refractivity contribution in [1.29, 1.82) is 0 Å². The van der Waals surface area contributed by atoms with Crippen LogP contribution < -0.4 is 4.74 Å². The summed E-state index contributed by atoms with van der Waals surface area (Å²) in [5.41, 5.74) is 0.830. The van der Waals surface area contributed by atoms with Gasteiger partial charge in [-0.1, -0.05) is 12.1 Å². The first-order valence-electron chi connectivity index (χ1n) is 7.48. The lowest BCUT2D eigenvalue weighted by atomic mass is 9.94. The van der Waals surface area contributed by atoms with Gasteiger partial charge < -0.3 is 14.9 Å². The number of hydrogen-bond acceptors (Lipinski definition) is 4. The highest BCUT2D eigenvalue weighted by Crippen LogP contribution is 2.31. The number of hydrogen-bond donors (Lipinski definition) is 2. The first-order valence-corrected chi connectivity index (χ1v) is 7.48. The van der Waals surface area contributed by atoms with E-state index in [1.54, 1.807) is 6.07 Å². The summed E-state index contributed by atoms with van der Waals surface area (Å²) in [4.78, 5) is 13.0. The van der Waals surface area contributed by atoms with Gasteiger partial charge in [0.05, 0.1) is 6.61 Å². The number of rotatable bonds is 6. The quantitative estimate of drug-likeness (QED) is 0.843. The average molecular weight is 293 g/mol. The van der Waals surface area contributed by atoms with Gasteiger partial charge in [-0.25, -0.2) is 0 Å². The Kier molecular flexibility index (Phi) is 5.44. The Balaban J connectivity index is 2.00. The number of benzene rings is 1. The van der Waals surface area contributed by atoms with E-state index in [1.807, 2.05) is 19.1 Å². The molecule has 1 aromatic rings. The summed E-state index contributed by atoms with van der Waals surface area (Å²) >= 11 is 0. The van der Waals surface area contributed by atoms with Crippen molar-refractivity contribution in [2.45, 2.75) is 32.7 Å². The largest absolute Gasteiger partial charge is 0.504 e. The van der Waals surface area contributed by atoms with Gasteiger partial charge in [0.2, 0.25) is 0 Å². The molecule has 2 rings (SSSR count). The molecular weight excluding hydrogens is 270 g/mol. The summed E-state index contributed by atoms with van der Waals surface area (Å²) in [5, 5.41) is 19.1. The second-order valence-electron chi connectivity index (χ2n) is 5.54. The summed E-state index contributed by atoms with van der Waals surface area (Å²) in [5.74, 6) is 0.172. The van der Waals surface area contributed by atoms with Crippen molar-refractivity contribution >= 4 is 5.97 Å². The maximum absolute atomic E-state index is 10.8. The molecule has 1 aliphatic rings. The van der Waals surface area contributed by atoms with Crippen LogP contribution in [0.3, 0.4) is 0 Å². The van der Waals surface area contributed by atoms with E-state index in [1.165, 1.54) is 0 Å². The Hall–Kier alpha value is -1.75. The lowest BCUT2D eigenvalue weighted by Crippen LogP contribution is -2.35. The maximum atomic E-state index is 10.8. The fourth-order valence-electron chi connectivity index (χ4n) is 2.92. The third-order valence-corrected chi connectivity index (χ3v) is 3.84. The van der Waals surface area contributed by atoms with Gasteiger partial charge in [-0.2, -0.15) is 0 Å². The fraction of sp³-hybridized carbons (Fsp3) is 0.562. The number of carbonyl (C=O) groups is 1. The highest BCUT2D eigenvalue weighted by molar-refractivity contribution is 5.67. The van der Waals surface area contributed by atoms with Crippen molar-refractivity contribution < 1.29 is 19.7 Å². The van der Waals surface area contributed by atoms with Crippen LogP contribution in [-0.2, 0) is 11.3 Å². The molecule has 1 heterocycles. The monoisotopic (exact) mass is 293 g/mol. The molecule has 1 aromatic carbocycles. The van der Waals surface area contributed by atoms with Gasteiger partial charge in [-0.15, -0.1) is 0 Å². The van der Waals surface area contributed by atoms with Crippen molar-refractivity contribution in [2.24, 2.45) is 5.92 Å². The number of ether oxygens (including phenoxy) is 1. The van der Waals surface area contributed by atoms with E-state index >= 15 is 0 Å². The Bertz CT molecular complexity index is 489. The van der Waals surface area contributed by atoms with Crippen LogP contribution in [0, 0.1) is 5.92 Å². The number of aromatic hydroxyl groups is 1. The van der Waals surface area contributed by atoms with Crippen LogP contribution in [0.2, 0.25) is 0 Å². The standard InChI is InChI=1S/C16H23NO4/c1-2-21-14-7-3-6-13(16(14)20)11-17-8-4-5-12(10-17)9-15(18)19/h3,6-7,12,20H,2,4-5,8-11H2,1H3,(H,18,19). The highest BCUT2D eigenvalue weighted by Gasteiger charge is 2.23. The smallest absolute Gasteiger partial charge is 0.303 e. The number of aliphatic carboxylic acids is 1. The zero-order valence-electron chi connectivity index (χ0n) is 12.4. The van der Waals surface area contributed by atoms with Gasteiger partial charge in [0.1, 0.15) is 0 Å². The normalized spacial score (nSPS) is 19.4. The van der Waals surface area contributed by atoms with Crippen molar-refractivity contribution in [1.82, 2.24) is 4.90 Å². The second kappa shape index (κ2) is 7.31. The molecule has 1 aliphatic heterocycles. The van der Waals surface area contributed by atoms with E-state index in [2.05, 4.69) is 4.90 Å². The molecule has 0 aromatic heterocycles. The van der Waals surface area contributed by atoms with E-state index in [4.69, 9.17) is 9.84 Å². The molecular formula is C16H23NO4. The Morgan fingerprint density at radius 1 is 1.48 bits per heavy atom. The summed E-state index contributed by atoms with van der Waals surface area (Å²) in [7, 11) is 0. The number of likely N-dealkylation sites (tertiary alicyclic amines) is 1. The van der Waals surface area contributed by atoms with Crippen molar-refractivity contribution in [3.8, 4) is 11.5 Å². The van der Waals surface area contributed by atoms with Crippen LogP contribution in [0.25, 0.3) is 0 Å². The zero-order chi connectivity index (χ0) is 15.2. The minimum absolute atomic E-state index is 0.194. The fourth-order valence-corrected chi connectivity index (χ4v) is 2.92. The summed E-state index contributed by atoms with van der Waals surface area (Å²) in [6.07, 6.45) is 2.19. The van der Waals surface area contributed by atoms with Crippen molar-refractivity contribution in [2.75, 3.05) is 19.7 Å². The van der Waals surface area contributed by atoms with Crippen LogP contribution in [0.15, 0.2) is 18.2 Å². The third-order valence-electron chi connectivity index (χ3n) is 3.84. The molecule has 2 N–H and O–H groups in total. The first kappa shape index (κ1) is 15.6. The predicted molar refractivity (Wildman–Crippen MR) is 79.5 cm³/mol. The molecule has 0 spiro atoms. The van der Waals surface area contributed by atoms with E-state index in [-0.39, 0.29) is 18.1 Å². The molecule has 1 atom stereocenters. The lowest BCUT2D eigenvalue weighted by molar-refractivity contribution is -0.138. The van der Waals surface area contributed by atoms with E-state index in [9.17, 15) is 9.90 Å². The minimum atomic E-state index is -0.733. The lowest BCUT2D eigenvalue weighted by Gasteiger charge is -2.32. The summed E-state index contributed by atoms with van der Waals surface area (Å²) < 4.78 is 5.39. The van der Waals surface area contributed by atoms with E-state index in [0.29, 0.717) is 18.9 Å². The SMILES string of the molecule is CCOc1cccc(CN2CCCC(CC(=O)O)C2)c1O. The number of piperidine rings is 1. The van der Waals surface area contributed by atoms with E-state index < -0.39 is 5.97 Å². The number of phenols is 1. The minimum Gasteiger partial charge on any atom is -0.504 e. The van der Waals surface area contributed by atoms with E-state index in [0.717, 1.165) is 31.5 Å². The van der Waals surface area contributed by atoms with Crippen LogP contribution in [-0.4, -0.2) is 40.8 Å². The molecule has 116 valence electrons.